The van der Waals surface area contributed by atoms with E-state index in [2.05, 4.69) is 30.6 Å². The molecule has 34 heavy (non-hydrogen) atoms. The molecule has 166 valence electrons. The number of hydrogen-bond donors (Lipinski definition) is 3. The van der Waals surface area contributed by atoms with Crippen molar-refractivity contribution in [1.29, 1.82) is 0 Å². The average Bonchev–Trinajstić information content (AvgIpc) is 3.32. The van der Waals surface area contributed by atoms with Crippen LogP contribution in [0.1, 0.15) is 26.5 Å². The topological polar surface area (TPSA) is 113 Å². The lowest BCUT2D eigenvalue weighted by molar-refractivity contribution is 0.0945. The molecule has 1 aromatic carbocycles. The lowest BCUT2D eigenvalue weighted by Gasteiger charge is -2.07. The van der Waals surface area contributed by atoms with Gasteiger partial charge in [-0.05, 0) is 71.3 Å². The van der Waals surface area contributed by atoms with Gasteiger partial charge in [0.15, 0.2) is 0 Å². The number of nitrogens with zero attached hydrogens (tertiary/aromatic N) is 3. The van der Waals surface area contributed by atoms with E-state index < -0.39 is 0 Å². The van der Waals surface area contributed by atoms with Gasteiger partial charge in [0.1, 0.15) is 11.4 Å². The minimum atomic E-state index is -0.253. The molecule has 4 aromatic heterocycles. The van der Waals surface area contributed by atoms with Crippen LogP contribution in [-0.2, 0) is 6.54 Å². The van der Waals surface area contributed by atoms with E-state index in [1.807, 2.05) is 36.4 Å². The molecule has 0 radical (unpaired) electrons. The van der Waals surface area contributed by atoms with E-state index in [9.17, 15) is 9.59 Å². The molecular weight excluding hydrogens is 428 g/mol. The summed E-state index contributed by atoms with van der Waals surface area (Å²) >= 11 is 0. The number of fused-ring (bicyclic) bond motifs is 1. The predicted octanol–water partition coefficient (Wildman–Crippen LogP) is 4.20. The van der Waals surface area contributed by atoms with Gasteiger partial charge in [0.2, 0.25) is 0 Å². The number of aromatic nitrogens is 4. The molecule has 8 nitrogen and oxygen atoms in total. The first-order valence-corrected chi connectivity index (χ1v) is 10.6. The Morgan fingerprint density at radius 1 is 0.765 bits per heavy atom. The van der Waals surface area contributed by atoms with E-state index in [1.54, 1.807) is 55.2 Å². The maximum atomic E-state index is 12.6. The van der Waals surface area contributed by atoms with Crippen LogP contribution < -0.4 is 10.6 Å². The Morgan fingerprint density at radius 3 is 2.29 bits per heavy atom. The minimum absolute atomic E-state index is 0.235. The number of H-pyrrole nitrogens is 1. The standard InChI is InChI=1S/C26H20N6O2/c33-25(30-16-17-3-8-27-9-4-17)23-14-19(5-12-29-23)18-1-2-22-20(13-18)15-24(32-22)26(34)31-21-6-10-28-11-7-21/h1-15,32H,16H2,(H,30,33)(H,28,31,34). The summed E-state index contributed by atoms with van der Waals surface area (Å²) in [4.78, 5) is 40.5. The highest BCUT2D eigenvalue weighted by Gasteiger charge is 2.12. The molecule has 5 rings (SSSR count). The van der Waals surface area contributed by atoms with Crippen LogP contribution in [0.15, 0.2) is 91.6 Å². The first-order valence-electron chi connectivity index (χ1n) is 10.6. The zero-order valence-electron chi connectivity index (χ0n) is 18.0. The number of anilines is 1. The maximum absolute atomic E-state index is 12.6. The normalized spacial score (nSPS) is 10.7. The zero-order valence-corrected chi connectivity index (χ0v) is 18.0. The number of hydrogen-bond acceptors (Lipinski definition) is 5. The van der Waals surface area contributed by atoms with Crippen molar-refractivity contribution in [3.05, 3.63) is 109 Å². The highest BCUT2D eigenvalue weighted by Crippen LogP contribution is 2.25. The lowest BCUT2D eigenvalue weighted by atomic mass is 10.0. The molecule has 0 atom stereocenters. The van der Waals surface area contributed by atoms with Gasteiger partial charge >= 0.3 is 0 Å². The Morgan fingerprint density at radius 2 is 1.50 bits per heavy atom. The summed E-state index contributed by atoms with van der Waals surface area (Å²) in [5, 5.41) is 6.61. The molecule has 8 heteroatoms. The molecule has 0 saturated heterocycles. The Hall–Kier alpha value is -4.85. The number of carbonyl (C=O) groups excluding carboxylic acids is 2. The molecule has 0 aliphatic heterocycles. The molecule has 0 aliphatic rings. The Kier molecular flexibility index (Phi) is 5.77. The van der Waals surface area contributed by atoms with Crippen LogP contribution in [0.3, 0.4) is 0 Å². The first kappa shape index (κ1) is 21.0. The summed E-state index contributed by atoms with van der Waals surface area (Å²) in [6, 6.07) is 18.4. The van der Waals surface area contributed by atoms with Gasteiger partial charge in [-0.25, -0.2) is 0 Å². The molecule has 0 fully saturated rings. The van der Waals surface area contributed by atoms with E-state index in [0.717, 1.165) is 27.6 Å². The zero-order chi connectivity index (χ0) is 23.3. The summed E-state index contributed by atoms with van der Waals surface area (Å²) in [6.45, 7) is 0.396. The van der Waals surface area contributed by atoms with Crippen molar-refractivity contribution >= 4 is 28.4 Å². The molecular formula is C26H20N6O2. The molecule has 0 unspecified atom stereocenters. The third kappa shape index (κ3) is 4.66. The number of rotatable bonds is 6. The number of nitrogens with one attached hydrogen (secondary N) is 3. The number of aromatic amines is 1. The molecule has 3 N–H and O–H groups in total. The number of carbonyl (C=O) groups is 2. The van der Waals surface area contributed by atoms with Crippen molar-refractivity contribution in [3.63, 3.8) is 0 Å². The largest absolute Gasteiger partial charge is 0.351 e. The van der Waals surface area contributed by atoms with Crippen molar-refractivity contribution in [2.24, 2.45) is 0 Å². The van der Waals surface area contributed by atoms with Gasteiger partial charge < -0.3 is 15.6 Å². The molecule has 0 saturated carbocycles. The summed E-state index contributed by atoms with van der Waals surface area (Å²) in [5.41, 5.74) is 5.03. The Balaban J connectivity index is 1.34. The maximum Gasteiger partial charge on any atom is 0.272 e. The first-order chi connectivity index (χ1) is 16.7. The van der Waals surface area contributed by atoms with Crippen LogP contribution in [0.5, 0.6) is 0 Å². The van der Waals surface area contributed by atoms with Crippen LogP contribution in [0.25, 0.3) is 22.0 Å². The molecule has 4 heterocycles. The van der Waals surface area contributed by atoms with E-state index in [1.165, 1.54) is 0 Å². The molecule has 5 aromatic rings. The highest BCUT2D eigenvalue weighted by atomic mass is 16.2. The highest BCUT2D eigenvalue weighted by molar-refractivity contribution is 6.06. The lowest BCUT2D eigenvalue weighted by Crippen LogP contribution is -2.23. The van der Waals surface area contributed by atoms with Gasteiger partial charge in [-0.3, -0.25) is 24.5 Å². The van der Waals surface area contributed by atoms with Crippen molar-refractivity contribution in [1.82, 2.24) is 25.3 Å². The fourth-order valence-electron chi connectivity index (χ4n) is 3.58. The number of pyridine rings is 3. The van der Waals surface area contributed by atoms with Crippen molar-refractivity contribution in [2.75, 3.05) is 5.32 Å². The predicted molar refractivity (Wildman–Crippen MR) is 129 cm³/mol. The molecule has 2 amide bonds. The molecule has 0 spiro atoms. The fraction of sp³-hybridized carbons (Fsp3) is 0.0385. The Labute approximate surface area is 195 Å². The Bertz CT molecular complexity index is 1460. The van der Waals surface area contributed by atoms with Crippen LogP contribution in [-0.4, -0.2) is 31.8 Å². The van der Waals surface area contributed by atoms with Gasteiger partial charge in [-0.2, -0.15) is 0 Å². The van der Waals surface area contributed by atoms with Crippen molar-refractivity contribution < 1.29 is 9.59 Å². The second kappa shape index (κ2) is 9.33. The second-order valence-electron chi connectivity index (χ2n) is 7.64. The van der Waals surface area contributed by atoms with Gasteiger partial charge in [0.05, 0.1) is 0 Å². The molecule has 0 aliphatic carbocycles. The third-order valence-electron chi connectivity index (χ3n) is 5.33. The minimum Gasteiger partial charge on any atom is -0.351 e. The van der Waals surface area contributed by atoms with Crippen LogP contribution in [0, 0.1) is 0 Å². The number of amides is 2. The average molecular weight is 448 g/mol. The van der Waals surface area contributed by atoms with Crippen molar-refractivity contribution in [2.45, 2.75) is 6.54 Å². The summed E-state index contributed by atoms with van der Waals surface area (Å²) in [5.74, 6) is -0.488. The fourth-order valence-corrected chi connectivity index (χ4v) is 3.58. The van der Waals surface area contributed by atoms with Crippen LogP contribution in [0.2, 0.25) is 0 Å². The van der Waals surface area contributed by atoms with Gasteiger partial charge in [0.25, 0.3) is 11.8 Å². The van der Waals surface area contributed by atoms with Crippen LogP contribution in [0.4, 0.5) is 5.69 Å². The van der Waals surface area contributed by atoms with Gasteiger partial charge in [0, 0.05) is 54.1 Å². The van der Waals surface area contributed by atoms with Gasteiger partial charge in [-0.1, -0.05) is 6.07 Å². The summed E-state index contributed by atoms with van der Waals surface area (Å²) in [7, 11) is 0. The SMILES string of the molecule is O=C(NCc1ccncc1)c1cc(-c2ccc3[nH]c(C(=O)Nc4ccncc4)cc3c2)ccn1. The number of benzene rings is 1. The monoisotopic (exact) mass is 448 g/mol. The third-order valence-corrected chi connectivity index (χ3v) is 5.33. The quantitative estimate of drug-likeness (QED) is 0.360. The summed E-state index contributed by atoms with van der Waals surface area (Å²) < 4.78 is 0. The smallest absolute Gasteiger partial charge is 0.272 e. The molecule has 0 bridgehead atoms. The van der Waals surface area contributed by atoms with E-state index in [0.29, 0.717) is 23.6 Å². The van der Waals surface area contributed by atoms with E-state index >= 15 is 0 Å². The van der Waals surface area contributed by atoms with E-state index in [-0.39, 0.29) is 11.8 Å². The summed E-state index contributed by atoms with van der Waals surface area (Å²) in [6.07, 6.45) is 8.23. The van der Waals surface area contributed by atoms with E-state index in [4.69, 9.17) is 0 Å². The van der Waals surface area contributed by atoms with Gasteiger partial charge in [-0.15, -0.1) is 0 Å². The second-order valence-corrected chi connectivity index (χ2v) is 7.64. The van der Waals surface area contributed by atoms with Crippen molar-refractivity contribution in [3.8, 4) is 11.1 Å². The van der Waals surface area contributed by atoms with Crippen LogP contribution >= 0.6 is 0 Å².